The molecule has 0 aliphatic heterocycles. The SMILES string of the molecule is O=P(CCc1cccc(F)c1-c1c(F)cccc1CCP(=O)(c1ccccc1)c1ccccc1)(c1ccccc1)c1ccccc1. The van der Waals surface area contributed by atoms with Crippen LogP contribution in [0.3, 0.4) is 0 Å². The molecule has 6 aromatic rings. The van der Waals surface area contributed by atoms with E-state index in [9.17, 15) is 9.13 Å². The van der Waals surface area contributed by atoms with Gasteiger partial charge in [-0.1, -0.05) is 146 Å². The lowest BCUT2D eigenvalue weighted by Gasteiger charge is -2.22. The predicted molar refractivity (Wildman–Crippen MR) is 188 cm³/mol. The van der Waals surface area contributed by atoms with Crippen molar-refractivity contribution in [2.75, 3.05) is 12.3 Å². The molecule has 0 amide bonds. The van der Waals surface area contributed by atoms with Gasteiger partial charge in [0.2, 0.25) is 0 Å². The molecule has 0 aliphatic rings. The Balaban J connectivity index is 1.38. The van der Waals surface area contributed by atoms with Crippen LogP contribution in [0.25, 0.3) is 11.1 Å². The summed E-state index contributed by atoms with van der Waals surface area (Å²) in [6.07, 6.45) is 1.04. The maximum atomic E-state index is 15.9. The predicted octanol–water partition coefficient (Wildman–Crippen LogP) is 8.75. The van der Waals surface area contributed by atoms with Gasteiger partial charge in [-0.2, -0.15) is 0 Å². The molecule has 0 spiro atoms. The molecule has 46 heavy (non-hydrogen) atoms. The van der Waals surface area contributed by atoms with Gasteiger partial charge in [0.1, 0.15) is 25.9 Å². The van der Waals surface area contributed by atoms with E-state index < -0.39 is 25.9 Å². The number of hydrogen-bond donors (Lipinski definition) is 0. The molecule has 0 unspecified atom stereocenters. The molecular weight excluding hydrogens is 612 g/mol. The van der Waals surface area contributed by atoms with Crippen molar-refractivity contribution in [3.63, 3.8) is 0 Å². The second-order valence-corrected chi connectivity index (χ2v) is 17.2. The van der Waals surface area contributed by atoms with Gasteiger partial charge >= 0.3 is 0 Å². The second kappa shape index (κ2) is 14.0. The van der Waals surface area contributed by atoms with Gasteiger partial charge in [-0.05, 0) is 36.1 Å². The van der Waals surface area contributed by atoms with E-state index in [1.54, 1.807) is 24.3 Å². The van der Waals surface area contributed by atoms with E-state index in [2.05, 4.69) is 0 Å². The third-order valence-corrected chi connectivity index (χ3v) is 14.8. The third-order valence-electron chi connectivity index (χ3n) is 8.53. The first-order chi connectivity index (χ1) is 22.4. The molecule has 0 saturated carbocycles. The molecule has 6 heteroatoms. The van der Waals surface area contributed by atoms with E-state index in [1.165, 1.54) is 12.1 Å². The molecule has 0 bridgehead atoms. The number of hydrogen-bond acceptors (Lipinski definition) is 2. The Morgan fingerprint density at radius 2 is 0.652 bits per heavy atom. The summed E-state index contributed by atoms with van der Waals surface area (Å²) in [6.45, 7) is 0. The number of rotatable bonds is 11. The van der Waals surface area contributed by atoms with E-state index in [-0.39, 0.29) is 36.3 Å². The lowest BCUT2D eigenvalue weighted by atomic mass is 9.92. The zero-order chi connectivity index (χ0) is 32.0. The van der Waals surface area contributed by atoms with Crippen molar-refractivity contribution in [1.29, 1.82) is 0 Å². The van der Waals surface area contributed by atoms with Crippen LogP contribution in [0.1, 0.15) is 11.1 Å². The van der Waals surface area contributed by atoms with Crippen molar-refractivity contribution in [1.82, 2.24) is 0 Å². The van der Waals surface area contributed by atoms with Crippen molar-refractivity contribution in [3.05, 3.63) is 180 Å². The van der Waals surface area contributed by atoms with Crippen LogP contribution < -0.4 is 21.2 Å². The molecule has 0 heterocycles. The molecule has 230 valence electrons. The molecule has 0 aromatic heterocycles. The fourth-order valence-corrected chi connectivity index (χ4v) is 11.5. The summed E-state index contributed by atoms with van der Waals surface area (Å²) in [4.78, 5) is 0. The highest BCUT2D eigenvalue weighted by atomic mass is 31.2. The Hall–Kier alpha value is -4.36. The Morgan fingerprint density at radius 1 is 0.370 bits per heavy atom. The fourth-order valence-electron chi connectivity index (χ4n) is 6.16. The zero-order valence-electron chi connectivity index (χ0n) is 25.3. The topological polar surface area (TPSA) is 34.1 Å². The normalized spacial score (nSPS) is 11.8. The highest BCUT2D eigenvalue weighted by Crippen LogP contribution is 2.46. The number of benzene rings is 6. The van der Waals surface area contributed by atoms with Crippen LogP contribution in [0.2, 0.25) is 0 Å². The Kier molecular flexibility index (Phi) is 9.59. The van der Waals surface area contributed by atoms with Crippen LogP contribution >= 0.6 is 14.3 Å². The lowest BCUT2D eigenvalue weighted by molar-refractivity contribution is 0.585. The minimum absolute atomic E-state index is 0.164. The highest BCUT2D eigenvalue weighted by molar-refractivity contribution is 7.79. The summed E-state index contributed by atoms with van der Waals surface area (Å²) < 4.78 is 61.2. The third kappa shape index (κ3) is 6.47. The molecule has 0 N–H and O–H groups in total. The monoisotopic (exact) mass is 646 g/mol. The highest BCUT2D eigenvalue weighted by Gasteiger charge is 2.30. The van der Waals surface area contributed by atoms with Crippen molar-refractivity contribution in [3.8, 4) is 11.1 Å². The zero-order valence-corrected chi connectivity index (χ0v) is 27.1. The van der Waals surface area contributed by atoms with E-state index in [0.29, 0.717) is 11.1 Å². The molecule has 2 nitrogen and oxygen atoms in total. The summed E-state index contributed by atoms with van der Waals surface area (Å²) in [5.41, 5.74) is 1.48. The van der Waals surface area contributed by atoms with Crippen LogP contribution in [-0.2, 0) is 22.0 Å². The van der Waals surface area contributed by atoms with Gasteiger partial charge in [-0.3, -0.25) is 0 Å². The number of halogens is 2. The van der Waals surface area contributed by atoms with Gasteiger partial charge in [-0.25, -0.2) is 8.78 Å². The Morgan fingerprint density at radius 3 is 0.935 bits per heavy atom. The van der Waals surface area contributed by atoms with E-state index in [0.717, 1.165) is 21.2 Å². The maximum absolute atomic E-state index is 15.9. The summed E-state index contributed by atoms with van der Waals surface area (Å²) >= 11 is 0. The summed E-state index contributed by atoms with van der Waals surface area (Å²) in [7, 11) is -6.19. The first-order valence-corrected chi connectivity index (χ1v) is 19.1. The average molecular weight is 647 g/mol. The van der Waals surface area contributed by atoms with Crippen molar-refractivity contribution in [2.45, 2.75) is 12.8 Å². The first-order valence-electron chi connectivity index (χ1n) is 15.4. The molecule has 0 atom stereocenters. The van der Waals surface area contributed by atoms with Crippen LogP contribution in [-0.4, -0.2) is 12.3 Å². The molecular formula is C40H34F2O2P2. The van der Waals surface area contributed by atoms with Crippen molar-refractivity contribution < 1.29 is 17.9 Å². The van der Waals surface area contributed by atoms with Gasteiger partial charge in [0.15, 0.2) is 0 Å². The second-order valence-electron chi connectivity index (χ2n) is 11.3. The standard InChI is InChI=1S/C40H34F2O2P2/c41-37-25-13-15-31(27-29-45(43,33-17-5-1-6-18-33)34-19-7-2-8-20-34)39(37)40-32(16-14-26-38(40)42)28-30-46(44,35-21-9-3-10-22-35)36-23-11-4-12-24-36/h1-26H,27-30H2. The molecule has 0 fully saturated rings. The maximum Gasteiger partial charge on any atom is 0.143 e. The minimum Gasteiger partial charge on any atom is -0.314 e. The largest absolute Gasteiger partial charge is 0.314 e. The molecule has 6 aromatic carbocycles. The molecule has 0 saturated heterocycles. The lowest BCUT2D eigenvalue weighted by Crippen LogP contribution is -2.20. The van der Waals surface area contributed by atoms with Crippen LogP contribution in [0.15, 0.2) is 158 Å². The average Bonchev–Trinajstić information content (AvgIpc) is 3.11. The fraction of sp³-hybridized carbons (Fsp3) is 0.100. The van der Waals surface area contributed by atoms with Crippen LogP contribution in [0.5, 0.6) is 0 Å². The smallest absolute Gasteiger partial charge is 0.143 e. The minimum atomic E-state index is -3.10. The van der Waals surface area contributed by atoms with Crippen molar-refractivity contribution in [2.24, 2.45) is 0 Å². The van der Waals surface area contributed by atoms with Crippen molar-refractivity contribution >= 4 is 35.5 Å². The summed E-state index contributed by atoms with van der Waals surface area (Å²) in [5.74, 6) is -1.10. The Bertz CT molecular complexity index is 1780. The summed E-state index contributed by atoms with van der Waals surface area (Å²) in [5, 5.41) is 2.90. The molecule has 0 radical (unpaired) electrons. The van der Waals surface area contributed by atoms with E-state index in [1.807, 2.05) is 121 Å². The van der Waals surface area contributed by atoms with Gasteiger partial charge < -0.3 is 9.13 Å². The molecule has 6 rings (SSSR count). The number of aryl methyl sites for hydroxylation is 2. The first kappa shape index (κ1) is 31.6. The van der Waals surface area contributed by atoms with Gasteiger partial charge in [0.05, 0.1) is 0 Å². The molecule has 0 aliphatic carbocycles. The van der Waals surface area contributed by atoms with Crippen LogP contribution in [0.4, 0.5) is 8.78 Å². The van der Waals surface area contributed by atoms with Gasteiger partial charge in [-0.15, -0.1) is 0 Å². The van der Waals surface area contributed by atoms with Gasteiger partial charge in [0.25, 0.3) is 0 Å². The van der Waals surface area contributed by atoms with Gasteiger partial charge in [0, 0.05) is 44.7 Å². The van der Waals surface area contributed by atoms with Crippen LogP contribution in [0, 0.1) is 11.6 Å². The summed E-state index contributed by atoms with van der Waals surface area (Å²) in [6, 6.07) is 46.9. The quantitative estimate of drug-likeness (QED) is 0.132. The van der Waals surface area contributed by atoms with E-state index in [4.69, 9.17) is 0 Å². The Labute approximate surface area is 269 Å². The van der Waals surface area contributed by atoms with E-state index >= 15 is 8.78 Å².